The summed E-state index contributed by atoms with van der Waals surface area (Å²) in [6, 6.07) is 24.1. The lowest BCUT2D eigenvalue weighted by Gasteiger charge is -2.30. The third-order valence-corrected chi connectivity index (χ3v) is 7.68. The summed E-state index contributed by atoms with van der Waals surface area (Å²) >= 11 is 7.39. The van der Waals surface area contributed by atoms with E-state index in [0.717, 1.165) is 5.56 Å². The van der Waals surface area contributed by atoms with E-state index in [-0.39, 0.29) is 17.6 Å². The molecule has 9 heteroatoms. The number of nitrogens with one attached hydrogen (secondary N) is 3. The summed E-state index contributed by atoms with van der Waals surface area (Å²) < 4.78 is 5.89. The fourth-order valence-corrected chi connectivity index (χ4v) is 5.44. The van der Waals surface area contributed by atoms with Crippen LogP contribution in [0.2, 0.25) is 5.02 Å². The van der Waals surface area contributed by atoms with Crippen LogP contribution in [0.1, 0.15) is 30.9 Å². The highest BCUT2D eigenvalue weighted by Gasteiger charge is 2.36. The van der Waals surface area contributed by atoms with Crippen LogP contribution in [0.5, 0.6) is 5.75 Å². The molecule has 0 aromatic heterocycles. The SMILES string of the molecule is CCOc1ccccc1[C@H]1C(C#N)=C(SCC(=O)Nc2ccc(C)c(Cl)c2)NC(C)=C1C(=O)Nc1ccccc1. The van der Waals surface area contributed by atoms with Gasteiger partial charge in [-0.15, -0.1) is 0 Å². The number of allylic oxidation sites excluding steroid dienone is 2. The van der Waals surface area contributed by atoms with Crippen LogP contribution < -0.4 is 20.7 Å². The third-order valence-electron chi connectivity index (χ3n) is 6.26. The van der Waals surface area contributed by atoms with Crippen molar-refractivity contribution in [1.82, 2.24) is 5.32 Å². The maximum atomic E-state index is 13.7. The fraction of sp³-hybridized carbons (Fsp3) is 0.194. The number of carbonyl (C=O) groups is 2. The molecule has 3 N–H and O–H groups in total. The van der Waals surface area contributed by atoms with Gasteiger partial charge in [0.25, 0.3) is 5.91 Å². The Kier molecular flexibility index (Phi) is 9.54. The number of halogens is 1. The van der Waals surface area contributed by atoms with Crippen molar-refractivity contribution >= 4 is 46.6 Å². The Morgan fingerprint density at radius 1 is 1.02 bits per heavy atom. The number of hydrogen-bond acceptors (Lipinski definition) is 6. The van der Waals surface area contributed by atoms with Crippen LogP contribution in [0.25, 0.3) is 0 Å². The first kappa shape index (κ1) is 28.8. The van der Waals surface area contributed by atoms with Gasteiger partial charge in [0.15, 0.2) is 0 Å². The molecule has 3 aromatic rings. The summed E-state index contributed by atoms with van der Waals surface area (Å²) in [6.45, 7) is 5.98. The molecule has 1 aliphatic heterocycles. The van der Waals surface area contributed by atoms with Gasteiger partial charge < -0.3 is 20.7 Å². The number of para-hydroxylation sites is 2. The highest BCUT2D eigenvalue weighted by molar-refractivity contribution is 8.03. The molecule has 0 saturated heterocycles. The van der Waals surface area contributed by atoms with Crippen LogP contribution in [-0.4, -0.2) is 24.2 Å². The number of dihydropyridines is 1. The second-order valence-corrected chi connectivity index (χ2v) is 10.4. The Morgan fingerprint density at radius 3 is 2.45 bits per heavy atom. The average molecular weight is 573 g/mol. The van der Waals surface area contributed by atoms with Crippen molar-refractivity contribution in [2.45, 2.75) is 26.7 Å². The van der Waals surface area contributed by atoms with E-state index in [9.17, 15) is 14.9 Å². The first-order valence-electron chi connectivity index (χ1n) is 12.7. The smallest absolute Gasteiger partial charge is 0.254 e. The summed E-state index contributed by atoms with van der Waals surface area (Å²) in [5, 5.41) is 20.4. The number of hydrogen-bond donors (Lipinski definition) is 3. The van der Waals surface area contributed by atoms with E-state index in [1.165, 1.54) is 11.8 Å². The summed E-state index contributed by atoms with van der Waals surface area (Å²) in [4.78, 5) is 26.4. The monoisotopic (exact) mass is 572 g/mol. The zero-order chi connectivity index (χ0) is 28.6. The topological polar surface area (TPSA) is 103 Å². The highest BCUT2D eigenvalue weighted by atomic mass is 35.5. The number of nitriles is 1. The second-order valence-electron chi connectivity index (χ2n) is 9.04. The Hall–Kier alpha value is -4.19. The van der Waals surface area contributed by atoms with Crippen molar-refractivity contribution in [3.05, 3.63) is 111 Å². The number of nitrogens with zero attached hydrogens (tertiary/aromatic N) is 1. The van der Waals surface area contributed by atoms with Gasteiger partial charge in [0, 0.05) is 33.2 Å². The molecule has 1 atom stereocenters. The molecule has 1 heterocycles. The maximum Gasteiger partial charge on any atom is 0.254 e. The lowest BCUT2D eigenvalue weighted by molar-refractivity contribution is -0.114. The normalized spacial score (nSPS) is 14.7. The number of ether oxygens (including phenoxy) is 1. The molecule has 4 rings (SSSR count). The Morgan fingerprint density at radius 2 is 1.75 bits per heavy atom. The van der Waals surface area contributed by atoms with Gasteiger partial charge in [0.1, 0.15) is 5.75 Å². The Labute approximate surface area is 243 Å². The molecule has 7 nitrogen and oxygen atoms in total. The quantitative estimate of drug-likeness (QED) is 0.262. The Bertz CT molecular complexity index is 1530. The van der Waals surface area contributed by atoms with Crippen molar-refractivity contribution < 1.29 is 14.3 Å². The number of amides is 2. The average Bonchev–Trinajstić information content (AvgIpc) is 2.94. The molecular formula is C31H29ClN4O3S. The van der Waals surface area contributed by atoms with Crippen molar-refractivity contribution in [1.29, 1.82) is 5.26 Å². The van der Waals surface area contributed by atoms with E-state index >= 15 is 0 Å². The van der Waals surface area contributed by atoms with Gasteiger partial charge in [0.05, 0.1) is 34.9 Å². The van der Waals surface area contributed by atoms with Gasteiger partial charge in [-0.05, 0) is 56.7 Å². The number of carbonyl (C=O) groups excluding carboxylic acids is 2. The molecule has 2 amide bonds. The van der Waals surface area contributed by atoms with E-state index in [1.807, 2.05) is 62.4 Å². The molecule has 0 unspecified atom stereocenters. The van der Waals surface area contributed by atoms with E-state index in [1.54, 1.807) is 31.2 Å². The van der Waals surface area contributed by atoms with Crippen LogP contribution in [0.3, 0.4) is 0 Å². The Balaban J connectivity index is 1.67. The zero-order valence-electron chi connectivity index (χ0n) is 22.4. The predicted octanol–water partition coefficient (Wildman–Crippen LogP) is 6.75. The van der Waals surface area contributed by atoms with E-state index < -0.39 is 5.92 Å². The zero-order valence-corrected chi connectivity index (χ0v) is 24.0. The van der Waals surface area contributed by atoms with E-state index in [2.05, 4.69) is 22.0 Å². The minimum Gasteiger partial charge on any atom is -0.494 e. The van der Waals surface area contributed by atoms with Crippen molar-refractivity contribution in [3.63, 3.8) is 0 Å². The molecular weight excluding hydrogens is 544 g/mol. The van der Waals surface area contributed by atoms with Gasteiger partial charge in [-0.2, -0.15) is 5.26 Å². The minimum absolute atomic E-state index is 0.0393. The largest absolute Gasteiger partial charge is 0.494 e. The first-order chi connectivity index (χ1) is 19.3. The molecule has 0 aliphatic carbocycles. The molecule has 0 fully saturated rings. The first-order valence-corrected chi connectivity index (χ1v) is 14.1. The van der Waals surface area contributed by atoms with Gasteiger partial charge in [-0.25, -0.2) is 0 Å². The van der Waals surface area contributed by atoms with Crippen molar-refractivity contribution in [2.24, 2.45) is 0 Å². The maximum absolute atomic E-state index is 13.7. The van der Waals surface area contributed by atoms with Crippen LogP contribution in [0.15, 0.2) is 94.7 Å². The molecule has 40 heavy (non-hydrogen) atoms. The van der Waals surface area contributed by atoms with Crippen LogP contribution in [0.4, 0.5) is 11.4 Å². The van der Waals surface area contributed by atoms with Gasteiger partial charge in [-0.3, -0.25) is 9.59 Å². The molecule has 0 radical (unpaired) electrons. The number of rotatable bonds is 9. The number of anilines is 2. The van der Waals surface area contributed by atoms with Gasteiger partial charge in [0.2, 0.25) is 5.91 Å². The van der Waals surface area contributed by atoms with Crippen LogP contribution in [-0.2, 0) is 9.59 Å². The van der Waals surface area contributed by atoms with Crippen LogP contribution in [0, 0.1) is 18.3 Å². The number of benzene rings is 3. The molecule has 1 aliphatic rings. The van der Waals surface area contributed by atoms with E-state index in [0.29, 0.717) is 56.2 Å². The molecule has 3 aromatic carbocycles. The van der Waals surface area contributed by atoms with Crippen molar-refractivity contribution in [2.75, 3.05) is 23.0 Å². The summed E-state index contributed by atoms with van der Waals surface area (Å²) in [5.74, 6) is -0.673. The molecule has 0 bridgehead atoms. The minimum atomic E-state index is -0.709. The van der Waals surface area contributed by atoms with Gasteiger partial charge >= 0.3 is 0 Å². The molecule has 204 valence electrons. The van der Waals surface area contributed by atoms with Gasteiger partial charge in [-0.1, -0.05) is 65.8 Å². The predicted molar refractivity (Wildman–Crippen MR) is 161 cm³/mol. The number of aryl methyl sites for hydroxylation is 1. The van der Waals surface area contributed by atoms with E-state index in [4.69, 9.17) is 16.3 Å². The molecule has 0 spiro atoms. The van der Waals surface area contributed by atoms with Crippen LogP contribution >= 0.6 is 23.4 Å². The number of thioether (sulfide) groups is 1. The van der Waals surface area contributed by atoms with Crippen molar-refractivity contribution in [3.8, 4) is 11.8 Å². The standard InChI is InChI=1S/C31H29ClN4O3S/c1-4-39-26-13-9-8-12-23(26)29-24(17-33)31(40-18-27(37)35-22-15-14-19(2)25(32)16-22)34-20(3)28(29)30(38)36-21-10-6-5-7-11-21/h5-16,29,34H,4,18H2,1-3H3,(H,35,37)(H,36,38)/t29-/m0/s1. The summed E-state index contributed by atoms with van der Waals surface area (Å²) in [6.07, 6.45) is 0. The summed E-state index contributed by atoms with van der Waals surface area (Å²) in [5.41, 5.74) is 4.14. The fourth-order valence-electron chi connectivity index (χ4n) is 4.37. The lowest BCUT2D eigenvalue weighted by atomic mass is 9.81. The molecule has 0 saturated carbocycles. The highest BCUT2D eigenvalue weighted by Crippen LogP contribution is 2.44. The lowest BCUT2D eigenvalue weighted by Crippen LogP contribution is -2.31. The second kappa shape index (κ2) is 13.2. The summed E-state index contributed by atoms with van der Waals surface area (Å²) in [7, 11) is 0. The third kappa shape index (κ3) is 6.68.